The van der Waals surface area contributed by atoms with Gasteiger partial charge in [-0.15, -0.1) is 13.2 Å². The molecule has 9 heteroatoms. The van der Waals surface area contributed by atoms with Crippen LogP contribution in [0.15, 0.2) is 6.07 Å². The summed E-state index contributed by atoms with van der Waals surface area (Å²) in [5.74, 6) is -1.97. The average Bonchev–Trinajstić information content (AvgIpc) is 2.31. The molecule has 0 saturated carbocycles. The van der Waals surface area contributed by atoms with Crippen molar-refractivity contribution >= 4 is 5.97 Å². The highest BCUT2D eigenvalue weighted by Crippen LogP contribution is 2.30. The molecule has 0 aliphatic carbocycles. The number of hydrogen-bond donors (Lipinski definition) is 2. The fourth-order valence-electron chi connectivity index (χ4n) is 1.40. The summed E-state index contributed by atoms with van der Waals surface area (Å²) in [4.78, 5) is 15.0. The minimum absolute atomic E-state index is 0.126. The minimum Gasteiger partial charge on any atom is -0.506 e. The second-order valence-corrected chi connectivity index (χ2v) is 3.63. The zero-order chi connectivity index (χ0) is 15.3. The Hall–Kier alpha value is -2.03. The molecule has 112 valence electrons. The van der Waals surface area contributed by atoms with Gasteiger partial charge in [-0.3, -0.25) is 4.79 Å². The number of hydrogen-bond acceptors (Lipinski definition) is 6. The van der Waals surface area contributed by atoms with E-state index < -0.39 is 23.8 Å². The van der Waals surface area contributed by atoms with E-state index in [0.717, 1.165) is 6.07 Å². The number of nitrogens with zero attached hydrogens (tertiary/aromatic N) is 1. The summed E-state index contributed by atoms with van der Waals surface area (Å²) in [5, 5.41) is 9.57. The summed E-state index contributed by atoms with van der Waals surface area (Å²) in [5.41, 5.74) is 4.92. The summed E-state index contributed by atoms with van der Waals surface area (Å²) in [7, 11) is 0. The molecule has 0 aliphatic rings. The third-order valence-electron chi connectivity index (χ3n) is 2.15. The van der Waals surface area contributed by atoms with Crippen molar-refractivity contribution < 1.29 is 32.5 Å². The van der Waals surface area contributed by atoms with Gasteiger partial charge in [0.05, 0.1) is 24.4 Å². The predicted octanol–water partition coefficient (Wildman–Crippen LogP) is 1.25. The van der Waals surface area contributed by atoms with Crippen LogP contribution in [-0.2, 0) is 22.5 Å². The van der Waals surface area contributed by atoms with Gasteiger partial charge < -0.3 is 20.3 Å². The number of aromatic hydroxyl groups is 1. The molecule has 0 saturated heterocycles. The van der Waals surface area contributed by atoms with Gasteiger partial charge in [-0.25, -0.2) is 4.98 Å². The fourth-order valence-corrected chi connectivity index (χ4v) is 1.40. The molecule has 0 radical (unpaired) electrons. The minimum atomic E-state index is -4.93. The number of alkyl halides is 3. The van der Waals surface area contributed by atoms with Crippen LogP contribution in [0.5, 0.6) is 11.5 Å². The summed E-state index contributed by atoms with van der Waals surface area (Å²) in [6.45, 7) is 1.39. The molecule has 0 aromatic carbocycles. The maximum Gasteiger partial charge on any atom is 0.573 e. The van der Waals surface area contributed by atoms with Gasteiger partial charge in [0.25, 0.3) is 0 Å². The van der Waals surface area contributed by atoms with Crippen LogP contribution in [-0.4, -0.2) is 29.0 Å². The normalized spacial score (nSPS) is 11.2. The van der Waals surface area contributed by atoms with Crippen molar-refractivity contribution in [3.8, 4) is 11.5 Å². The van der Waals surface area contributed by atoms with E-state index in [4.69, 9.17) is 5.73 Å². The molecule has 0 unspecified atom stereocenters. The van der Waals surface area contributed by atoms with E-state index in [2.05, 4.69) is 14.5 Å². The van der Waals surface area contributed by atoms with Crippen LogP contribution >= 0.6 is 0 Å². The Balaban J connectivity index is 3.03. The van der Waals surface area contributed by atoms with Gasteiger partial charge in [-0.2, -0.15) is 0 Å². The third kappa shape index (κ3) is 4.57. The van der Waals surface area contributed by atoms with Crippen LogP contribution in [0.1, 0.15) is 18.3 Å². The molecule has 1 rings (SSSR count). The van der Waals surface area contributed by atoms with Crippen LogP contribution in [0.4, 0.5) is 13.2 Å². The molecule has 0 fully saturated rings. The van der Waals surface area contributed by atoms with E-state index in [9.17, 15) is 23.1 Å². The Kier molecular flexibility index (Phi) is 5.14. The van der Waals surface area contributed by atoms with Crippen molar-refractivity contribution in [3.05, 3.63) is 17.5 Å². The Morgan fingerprint density at radius 1 is 1.45 bits per heavy atom. The molecule has 1 aromatic rings. The Morgan fingerprint density at radius 3 is 2.60 bits per heavy atom. The lowest BCUT2D eigenvalue weighted by Crippen LogP contribution is -2.20. The number of esters is 1. The molecular formula is C11H13F3N2O4. The van der Waals surface area contributed by atoms with Gasteiger partial charge in [-0.05, 0) is 6.92 Å². The van der Waals surface area contributed by atoms with Gasteiger partial charge in [-0.1, -0.05) is 0 Å². The number of nitrogens with two attached hydrogens (primary N) is 1. The Morgan fingerprint density at radius 2 is 2.10 bits per heavy atom. The first-order valence-corrected chi connectivity index (χ1v) is 5.60. The molecule has 0 aliphatic heterocycles. The molecule has 1 aromatic heterocycles. The second kappa shape index (κ2) is 6.42. The lowest BCUT2D eigenvalue weighted by molar-refractivity contribution is -0.275. The zero-order valence-electron chi connectivity index (χ0n) is 10.5. The first-order valence-electron chi connectivity index (χ1n) is 5.60. The van der Waals surface area contributed by atoms with Crippen LogP contribution in [0.25, 0.3) is 0 Å². The highest BCUT2D eigenvalue weighted by molar-refractivity contribution is 5.73. The van der Waals surface area contributed by atoms with Crippen molar-refractivity contribution in [2.75, 3.05) is 6.61 Å². The largest absolute Gasteiger partial charge is 0.573 e. The maximum atomic E-state index is 12.2. The monoisotopic (exact) mass is 294 g/mol. The average molecular weight is 294 g/mol. The quantitative estimate of drug-likeness (QED) is 0.794. The van der Waals surface area contributed by atoms with Crippen molar-refractivity contribution in [1.82, 2.24) is 4.98 Å². The molecule has 6 nitrogen and oxygen atoms in total. The zero-order valence-corrected chi connectivity index (χ0v) is 10.5. The molecule has 3 N–H and O–H groups in total. The van der Waals surface area contributed by atoms with Crippen molar-refractivity contribution in [2.45, 2.75) is 26.3 Å². The van der Waals surface area contributed by atoms with E-state index in [1.54, 1.807) is 6.92 Å². The molecule has 0 bridgehead atoms. The van der Waals surface area contributed by atoms with E-state index >= 15 is 0 Å². The van der Waals surface area contributed by atoms with Gasteiger partial charge in [0.15, 0.2) is 5.75 Å². The lowest BCUT2D eigenvalue weighted by atomic mass is 10.2. The van der Waals surface area contributed by atoms with Gasteiger partial charge >= 0.3 is 12.3 Å². The number of halogens is 3. The Bertz CT molecular complexity index is 491. The third-order valence-corrected chi connectivity index (χ3v) is 2.15. The number of rotatable bonds is 5. The maximum absolute atomic E-state index is 12.2. The summed E-state index contributed by atoms with van der Waals surface area (Å²) in [6, 6.07) is 0.719. The molecule has 0 amide bonds. The smallest absolute Gasteiger partial charge is 0.506 e. The van der Waals surface area contributed by atoms with Crippen LogP contribution in [0.3, 0.4) is 0 Å². The van der Waals surface area contributed by atoms with E-state index in [1.165, 1.54) is 0 Å². The highest BCUT2D eigenvalue weighted by Gasteiger charge is 2.33. The number of carbonyl (C=O) groups is 1. The number of ether oxygens (including phenoxy) is 2. The summed E-state index contributed by atoms with van der Waals surface area (Å²) < 4.78 is 44.8. The van der Waals surface area contributed by atoms with Crippen LogP contribution in [0, 0.1) is 0 Å². The van der Waals surface area contributed by atoms with Crippen LogP contribution in [0.2, 0.25) is 0 Å². The van der Waals surface area contributed by atoms with E-state index in [1.807, 2.05) is 0 Å². The second-order valence-electron chi connectivity index (χ2n) is 3.63. The summed E-state index contributed by atoms with van der Waals surface area (Å²) >= 11 is 0. The van der Waals surface area contributed by atoms with E-state index in [-0.39, 0.29) is 31.0 Å². The van der Waals surface area contributed by atoms with Gasteiger partial charge in [0.2, 0.25) is 0 Å². The number of aromatic nitrogens is 1. The topological polar surface area (TPSA) is 94.7 Å². The number of carbonyl (C=O) groups excluding carboxylic acids is 1. The molecule has 20 heavy (non-hydrogen) atoms. The van der Waals surface area contributed by atoms with Crippen molar-refractivity contribution in [1.29, 1.82) is 0 Å². The lowest BCUT2D eigenvalue weighted by Gasteiger charge is -2.14. The number of pyridine rings is 1. The summed E-state index contributed by atoms with van der Waals surface area (Å²) in [6.07, 6.45) is -5.31. The first-order chi connectivity index (χ1) is 9.26. The van der Waals surface area contributed by atoms with Gasteiger partial charge in [0.1, 0.15) is 5.75 Å². The Labute approximate surface area is 112 Å². The molecule has 1 heterocycles. The highest BCUT2D eigenvalue weighted by atomic mass is 19.4. The van der Waals surface area contributed by atoms with Crippen molar-refractivity contribution in [3.63, 3.8) is 0 Å². The molecular weight excluding hydrogens is 281 g/mol. The SMILES string of the molecule is CCOC(=O)Cc1nc(CN)c(OC(F)(F)F)cc1O. The molecule has 0 spiro atoms. The standard InChI is InChI=1S/C11H13F3N2O4/c1-2-19-10(18)3-6-8(17)4-9(7(5-15)16-6)20-11(12,13)14/h4,17H,2-3,5,15H2,1H3. The fraction of sp³-hybridized carbons (Fsp3) is 0.455. The predicted molar refractivity (Wildman–Crippen MR) is 60.8 cm³/mol. The molecule has 0 atom stereocenters. The van der Waals surface area contributed by atoms with Crippen LogP contribution < -0.4 is 10.5 Å². The van der Waals surface area contributed by atoms with E-state index in [0.29, 0.717) is 0 Å². The first kappa shape index (κ1) is 16.0. The van der Waals surface area contributed by atoms with Gasteiger partial charge in [0, 0.05) is 12.6 Å². The van der Waals surface area contributed by atoms with Crippen molar-refractivity contribution in [2.24, 2.45) is 5.73 Å².